The maximum absolute atomic E-state index is 10.8. The Kier molecular flexibility index (Phi) is 7.92. The van der Waals surface area contributed by atoms with Crippen molar-refractivity contribution in [1.82, 2.24) is 0 Å². The highest BCUT2D eigenvalue weighted by molar-refractivity contribution is 5.79. The fourth-order valence-electron chi connectivity index (χ4n) is 1.25. The van der Waals surface area contributed by atoms with E-state index in [4.69, 9.17) is 5.11 Å². The highest BCUT2D eigenvalue weighted by atomic mass is 16.3. The largest absolute Gasteiger partial charge is 0.389 e. The summed E-state index contributed by atoms with van der Waals surface area (Å²) in [5.74, 6) is -0.0802. The van der Waals surface area contributed by atoms with E-state index in [1.807, 2.05) is 0 Å². The van der Waals surface area contributed by atoms with Crippen molar-refractivity contribution in [2.75, 3.05) is 6.61 Å². The Morgan fingerprint density at radius 1 is 1.07 bits per heavy atom. The molecule has 0 aromatic rings. The van der Waals surface area contributed by atoms with Gasteiger partial charge in [-0.15, -0.1) is 0 Å². The Morgan fingerprint density at radius 3 is 2.20 bits per heavy atom. The smallest absolute Gasteiger partial charge is 0.158 e. The van der Waals surface area contributed by atoms with E-state index < -0.39 is 0 Å². The normalized spacial score (nSPS) is 11.3. The Labute approximate surface area is 92.7 Å². The van der Waals surface area contributed by atoms with Gasteiger partial charge in [0.1, 0.15) is 6.61 Å². The first kappa shape index (κ1) is 14.1. The van der Waals surface area contributed by atoms with E-state index in [9.17, 15) is 4.79 Å². The van der Waals surface area contributed by atoms with Crippen LogP contribution in [0.15, 0.2) is 23.3 Å². The summed E-state index contributed by atoms with van der Waals surface area (Å²) < 4.78 is 0. The standard InChI is InChI=1S/C13H22O2/c1-11(2)6-4-7-12(3)8-5-9-13(15)10-14/h6,8,14H,4-5,7,9-10H2,1-3H3. The van der Waals surface area contributed by atoms with Gasteiger partial charge >= 0.3 is 0 Å². The molecule has 0 saturated heterocycles. The lowest BCUT2D eigenvalue weighted by Gasteiger charge is -1.99. The molecule has 0 aromatic heterocycles. The Morgan fingerprint density at radius 2 is 1.67 bits per heavy atom. The van der Waals surface area contributed by atoms with Crippen molar-refractivity contribution in [3.05, 3.63) is 23.3 Å². The molecule has 0 rings (SSSR count). The molecule has 2 nitrogen and oxygen atoms in total. The molecule has 0 saturated carbocycles. The van der Waals surface area contributed by atoms with E-state index in [0.29, 0.717) is 6.42 Å². The van der Waals surface area contributed by atoms with Crippen molar-refractivity contribution >= 4 is 5.78 Å². The van der Waals surface area contributed by atoms with Crippen molar-refractivity contribution in [1.29, 1.82) is 0 Å². The fourth-order valence-corrected chi connectivity index (χ4v) is 1.25. The molecule has 0 fully saturated rings. The topological polar surface area (TPSA) is 37.3 Å². The summed E-state index contributed by atoms with van der Waals surface area (Å²) in [4.78, 5) is 10.8. The second kappa shape index (κ2) is 8.42. The van der Waals surface area contributed by atoms with Crippen molar-refractivity contribution < 1.29 is 9.90 Å². The van der Waals surface area contributed by atoms with Crippen LogP contribution in [-0.4, -0.2) is 17.5 Å². The van der Waals surface area contributed by atoms with Gasteiger partial charge in [0.05, 0.1) is 0 Å². The first-order chi connectivity index (χ1) is 7.06. The third kappa shape index (κ3) is 9.42. The van der Waals surface area contributed by atoms with E-state index in [0.717, 1.165) is 19.3 Å². The van der Waals surface area contributed by atoms with Crippen molar-refractivity contribution in [2.45, 2.75) is 46.5 Å². The molecule has 0 amide bonds. The lowest BCUT2D eigenvalue weighted by Crippen LogP contribution is -2.01. The maximum atomic E-state index is 10.8. The number of allylic oxidation sites excluding steroid dienone is 4. The van der Waals surface area contributed by atoms with Crippen molar-refractivity contribution in [2.24, 2.45) is 0 Å². The zero-order valence-electron chi connectivity index (χ0n) is 10.0. The Hall–Kier alpha value is -0.890. The van der Waals surface area contributed by atoms with Crippen LogP contribution in [0.5, 0.6) is 0 Å². The molecule has 0 aliphatic heterocycles. The molecule has 0 aliphatic rings. The highest BCUT2D eigenvalue weighted by Gasteiger charge is 1.96. The summed E-state index contributed by atoms with van der Waals surface area (Å²) in [6.45, 7) is 5.95. The molecule has 0 radical (unpaired) electrons. The minimum absolute atomic E-state index is 0.0802. The van der Waals surface area contributed by atoms with E-state index >= 15 is 0 Å². The minimum Gasteiger partial charge on any atom is -0.389 e. The lowest BCUT2D eigenvalue weighted by atomic mass is 10.1. The number of Topliss-reactive ketones (excluding diaryl/α,β-unsaturated/α-hetero) is 1. The van der Waals surface area contributed by atoms with E-state index in [-0.39, 0.29) is 12.4 Å². The van der Waals surface area contributed by atoms with Crippen LogP contribution >= 0.6 is 0 Å². The molecule has 15 heavy (non-hydrogen) atoms. The van der Waals surface area contributed by atoms with Gasteiger partial charge in [0.2, 0.25) is 0 Å². The third-order valence-corrected chi connectivity index (χ3v) is 2.18. The van der Waals surface area contributed by atoms with Gasteiger partial charge in [-0.1, -0.05) is 23.3 Å². The number of aliphatic hydroxyl groups is 1. The van der Waals surface area contributed by atoms with Gasteiger partial charge in [-0.05, 0) is 40.0 Å². The average molecular weight is 210 g/mol. The van der Waals surface area contributed by atoms with Crippen LogP contribution in [0.1, 0.15) is 46.5 Å². The van der Waals surface area contributed by atoms with Gasteiger partial charge in [0, 0.05) is 6.42 Å². The first-order valence-corrected chi connectivity index (χ1v) is 5.47. The monoisotopic (exact) mass is 210 g/mol. The average Bonchev–Trinajstić information content (AvgIpc) is 2.17. The van der Waals surface area contributed by atoms with Crippen LogP contribution in [0.2, 0.25) is 0 Å². The van der Waals surface area contributed by atoms with Gasteiger partial charge in [0.15, 0.2) is 5.78 Å². The number of carbonyl (C=O) groups is 1. The summed E-state index contributed by atoms with van der Waals surface area (Å²) >= 11 is 0. The fraction of sp³-hybridized carbons (Fsp3) is 0.615. The van der Waals surface area contributed by atoms with Crippen molar-refractivity contribution in [3.63, 3.8) is 0 Å². The SMILES string of the molecule is CC(C)=CCCC(C)=CCCC(=O)CO. The number of aliphatic hydroxyl groups excluding tert-OH is 1. The van der Waals surface area contributed by atoms with Gasteiger partial charge in [-0.3, -0.25) is 4.79 Å². The molecule has 0 aliphatic carbocycles. The molecule has 0 atom stereocenters. The molecule has 0 heterocycles. The second-order valence-corrected chi connectivity index (χ2v) is 4.11. The Bertz CT molecular complexity index is 245. The third-order valence-electron chi connectivity index (χ3n) is 2.18. The highest BCUT2D eigenvalue weighted by Crippen LogP contribution is 2.08. The molecular formula is C13H22O2. The van der Waals surface area contributed by atoms with Gasteiger partial charge < -0.3 is 5.11 Å². The molecule has 2 heteroatoms. The zero-order chi connectivity index (χ0) is 11.7. The number of hydrogen-bond acceptors (Lipinski definition) is 2. The van der Waals surface area contributed by atoms with Crippen LogP contribution in [0.25, 0.3) is 0 Å². The van der Waals surface area contributed by atoms with Gasteiger partial charge in [-0.2, -0.15) is 0 Å². The van der Waals surface area contributed by atoms with Crippen LogP contribution < -0.4 is 0 Å². The Balaban J connectivity index is 3.70. The van der Waals surface area contributed by atoms with Crippen LogP contribution in [-0.2, 0) is 4.79 Å². The number of rotatable bonds is 7. The minimum atomic E-state index is -0.329. The summed E-state index contributed by atoms with van der Waals surface area (Å²) in [7, 11) is 0. The van der Waals surface area contributed by atoms with E-state index in [1.165, 1.54) is 11.1 Å². The van der Waals surface area contributed by atoms with Crippen LogP contribution in [0.4, 0.5) is 0 Å². The quantitative estimate of drug-likeness (QED) is 0.656. The van der Waals surface area contributed by atoms with E-state index in [2.05, 4.69) is 32.9 Å². The molecule has 86 valence electrons. The molecule has 0 unspecified atom stereocenters. The van der Waals surface area contributed by atoms with Gasteiger partial charge in [-0.25, -0.2) is 0 Å². The summed E-state index contributed by atoms with van der Waals surface area (Å²) in [5.41, 5.74) is 2.66. The molecular weight excluding hydrogens is 188 g/mol. The zero-order valence-corrected chi connectivity index (χ0v) is 10.0. The summed E-state index contributed by atoms with van der Waals surface area (Å²) in [5, 5.41) is 8.52. The van der Waals surface area contributed by atoms with E-state index in [1.54, 1.807) is 0 Å². The van der Waals surface area contributed by atoms with Crippen molar-refractivity contribution in [3.8, 4) is 0 Å². The lowest BCUT2D eigenvalue weighted by molar-refractivity contribution is -0.121. The predicted octanol–water partition coefficient (Wildman–Crippen LogP) is 3.02. The summed E-state index contributed by atoms with van der Waals surface area (Å²) in [6.07, 6.45) is 7.64. The molecule has 0 bridgehead atoms. The number of ketones is 1. The van der Waals surface area contributed by atoms with Gasteiger partial charge in [0.25, 0.3) is 0 Å². The summed E-state index contributed by atoms with van der Waals surface area (Å²) in [6, 6.07) is 0. The van der Waals surface area contributed by atoms with Crippen LogP contribution in [0.3, 0.4) is 0 Å². The molecule has 1 N–H and O–H groups in total. The van der Waals surface area contributed by atoms with Crippen LogP contribution in [0, 0.1) is 0 Å². The second-order valence-electron chi connectivity index (χ2n) is 4.11. The molecule has 0 spiro atoms. The number of hydrogen-bond donors (Lipinski definition) is 1. The maximum Gasteiger partial charge on any atom is 0.158 e. The first-order valence-electron chi connectivity index (χ1n) is 5.47. The molecule has 0 aromatic carbocycles. The predicted molar refractivity (Wildman–Crippen MR) is 63.7 cm³/mol. The number of carbonyl (C=O) groups excluding carboxylic acids is 1.